The molecule has 0 heterocycles. The molecule has 1 unspecified atom stereocenters. The van der Waals surface area contributed by atoms with Crippen LogP contribution < -0.4 is 11.3 Å². The Kier molecular flexibility index (Phi) is 4.40. The fraction of sp³-hybridized carbons (Fsp3) is 0.143. The molecule has 0 fully saturated rings. The predicted molar refractivity (Wildman–Crippen MR) is 79.5 cm³/mol. The lowest BCUT2D eigenvalue weighted by Gasteiger charge is -2.17. The Balaban J connectivity index is 2.38. The Hall–Kier alpha value is -0.870. The van der Waals surface area contributed by atoms with E-state index >= 15 is 0 Å². The van der Waals surface area contributed by atoms with E-state index in [1.54, 1.807) is 0 Å². The van der Waals surface area contributed by atoms with Gasteiger partial charge in [0, 0.05) is 4.47 Å². The SMILES string of the molecule is Cc1ccc(C(NN)c2ccc(Br)c(Cl)c2)cc1. The van der Waals surface area contributed by atoms with Gasteiger partial charge >= 0.3 is 0 Å². The summed E-state index contributed by atoms with van der Waals surface area (Å²) in [6.07, 6.45) is 0. The van der Waals surface area contributed by atoms with E-state index in [2.05, 4.69) is 52.5 Å². The van der Waals surface area contributed by atoms with Crippen LogP contribution in [-0.2, 0) is 0 Å². The van der Waals surface area contributed by atoms with E-state index in [1.807, 2.05) is 18.2 Å². The number of halogens is 2. The number of hydrogen-bond donors (Lipinski definition) is 2. The van der Waals surface area contributed by atoms with Crippen molar-refractivity contribution in [2.75, 3.05) is 0 Å². The summed E-state index contributed by atoms with van der Waals surface area (Å²) in [6.45, 7) is 2.06. The van der Waals surface area contributed by atoms with Crippen molar-refractivity contribution in [2.24, 2.45) is 5.84 Å². The monoisotopic (exact) mass is 324 g/mol. The third-order valence-corrected chi connectivity index (χ3v) is 4.09. The van der Waals surface area contributed by atoms with E-state index in [-0.39, 0.29) is 6.04 Å². The summed E-state index contributed by atoms with van der Waals surface area (Å²) in [5.74, 6) is 5.66. The van der Waals surface area contributed by atoms with Gasteiger partial charge in [0.1, 0.15) is 0 Å². The zero-order valence-electron chi connectivity index (χ0n) is 9.95. The lowest BCUT2D eigenvalue weighted by Crippen LogP contribution is -2.28. The number of hydrazine groups is 1. The molecule has 94 valence electrons. The van der Waals surface area contributed by atoms with Crippen molar-refractivity contribution in [1.82, 2.24) is 5.43 Å². The smallest absolute Gasteiger partial charge is 0.0710 e. The molecule has 0 amide bonds. The lowest BCUT2D eigenvalue weighted by atomic mass is 9.98. The van der Waals surface area contributed by atoms with E-state index < -0.39 is 0 Å². The molecular formula is C14H14BrClN2. The first-order valence-corrected chi connectivity index (χ1v) is 6.76. The van der Waals surface area contributed by atoms with Crippen LogP contribution in [0.3, 0.4) is 0 Å². The average Bonchev–Trinajstić information content (AvgIpc) is 2.37. The first kappa shape index (κ1) is 13.6. The first-order chi connectivity index (χ1) is 8.61. The van der Waals surface area contributed by atoms with Crippen LogP contribution in [0.4, 0.5) is 0 Å². The van der Waals surface area contributed by atoms with Gasteiger partial charge in [0.25, 0.3) is 0 Å². The highest BCUT2D eigenvalue weighted by molar-refractivity contribution is 9.10. The fourth-order valence-electron chi connectivity index (χ4n) is 1.84. The number of benzene rings is 2. The highest BCUT2D eigenvalue weighted by Gasteiger charge is 2.13. The van der Waals surface area contributed by atoms with Gasteiger partial charge in [-0.15, -0.1) is 0 Å². The van der Waals surface area contributed by atoms with Gasteiger partial charge in [-0.1, -0.05) is 47.5 Å². The number of aryl methyl sites for hydroxylation is 1. The molecule has 0 aliphatic heterocycles. The van der Waals surface area contributed by atoms with Crippen LogP contribution in [0.2, 0.25) is 5.02 Å². The summed E-state index contributed by atoms with van der Waals surface area (Å²) >= 11 is 9.49. The van der Waals surface area contributed by atoms with Crippen molar-refractivity contribution in [2.45, 2.75) is 13.0 Å². The minimum atomic E-state index is -0.0591. The lowest BCUT2D eigenvalue weighted by molar-refractivity contribution is 0.637. The van der Waals surface area contributed by atoms with E-state index in [4.69, 9.17) is 17.4 Å². The van der Waals surface area contributed by atoms with E-state index in [9.17, 15) is 0 Å². The quantitative estimate of drug-likeness (QED) is 0.662. The first-order valence-electron chi connectivity index (χ1n) is 5.59. The summed E-state index contributed by atoms with van der Waals surface area (Å²) in [5, 5.41) is 0.680. The molecule has 0 aliphatic rings. The summed E-state index contributed by atoms with van der Waals surface area (Å²) in [6, 6.07) is 14.1. The molecule has 0 spiro atoms. The van der Waals surface area contributed by atoms with Crippen molar-refractivity contribution in [3.8, 4) is 0 Å². The maximum atomic E-state index is 6.11. The zero-order chi connectivity index (χ0) is 13.1. The molecule has 0 aromatic heterocycles. The second kappa shape index (κ2) is 5.85. The summed E-state index contributed by atoms with van der Waals surface area (Å²) < 4.78 is 0.882. The van der Waals surface area contributed by atoms with E-state index in [1.165, 1.54) is 5.56 Å². The number of nitrogens with one attached hydrogen (secondary N) is 1. The van der Waals surface area contributed by atoms with Gasteiger partial charge in [-0.2, -0.15) is 0 Å². The van der Waals surface area contributed by atoms with Crippen LogP contribution in [-0.4, -0.2) is 0 Å². The molecule has 0 bridgehead atoms. The van der Waals surface area contributed by atoms with Gasteiger partial charge in [-0.25, -0.2) is 5.43 Å². The van der Waals surface area contributed by atoms with Crippen LogP contribution in [0.15, 0.2) is 46.9 Å². The zero-order valence-corrected chi connectivity index (χ0v) is 12.3. The minimum absolute atomic E-state index is 0.0591. The third-order valence-electron chi connectivity index (χ3n) is 2.85. The number of rotatable bonds is 3. The Morgan fingerprint density at radius 1 is 1.11 bits per heavy atom. The normalized spacial score (nSPS) is 12.4. The molecule has 0 saturated heterocycles. The molecule has 2 rings (SSSR count). The van der Waals surface area contributed by atoms with Crippen molar-refractivity contribution < 1.29 is 0 Å². The van der Waals surface area contributed by atoms with Crippen LogP contribution in [0.5, 0.6) is 0 Å². The average molecular weight is 326 g/mol. The second-order valence-corrected chi connectivity index (χ2v) is 5.45. The highest BCUT2D eigenvalue weighted by atomic mass is 79.9. The largest absolute Gasteiger partial charge is 0.271 e. The Bertz CT molecular complexity index is 540. The Morgan fingerprint density at radius 2 is 1.72 bits per heavy atom. The van der Waals surface area contributed by atoms with Gasteiger partial charge in [-0.05, 0) is 46.1 Å². The van der Waals surface area contributed by atoms with Gasteiger partial charge in [-0.3, -0.25) is 5.84 Å². The Labute approximate surface area is 120 Å². The molecule has 0 saturated carbocycles. The van der Waals surface area contributed by atoms with Crippen molar-refractivity contribution in [3.05, 3.63) is 68.7 Å². The molecule has 0 aliphatic carbocycles. The molecule has 3 N–H and O–H groups in total. The maximum absolute atomic E-state index is 6.11. The molecule has 2 nitrogen and oxygen atoms in total. The van der Waals surface area contributed by atoms with Crippen LogP contribution >= 0.6 is 27.5 Å². The number of hydrogen-bond acceptors (Lipinski definition) is 2. The van der Waals surface area contributed by atoms with Crippen molar-refractivity contribution in [1.29, 1.82) is 0 Å². The minimum Gasteiger partial charge on any atom is -0.271 e. The Morgan fingerprint density at radius 3 is 2.28 bits per heavy atom. The standard InChI is InChI=1S/C14H14BrClN2/c1-9-2-4-10(5-3-9)14(18-17)11-6-7-12(15)13(16)8-11/h2-8,14,18H,17H2,1H3. The summed E-state index contributed by atoms with van der Waals surface area (Å²) in [7, 11) is 0. The van der Waals surface area contributed by atoms with Gasteiger partial charge in [0.15, 0.2) is 0 Å². The topological polar surface area (TPSA) is 38.0 Å². The fourth-order valence-corrected chi connectivity index (χ4v) is 2.27. The molecular weight excluding hydrogens is 312 g/mol. The van der Waals surface area contributed by atoms with E-state index in [0.717, 1.165) is 15.6 Å². The summed E-state index contributed by atoms with van der Waals surface area (Å²) in [4.78, 5) is 0. The summed E-state index contributed by atoms with van der Waals surface area (Å²) in [5.41, 5.74) is 6.20. The van der Waals surface area contributed by atoms with Gasteiger partial charge in [0.2, 0.25) is 0 Å². The van der Waals surface area contributed by atoms with Gasteiger partial charge < -0.3 is 0 Å². The second-order valence-electron chi connectivity index (χ2n) is 4.18. The van der Waals surface area contributed by atoms with Crippen LogP contribution in [0.25, 0.3) is 0 Å². The van der Waals surface area contributed by atoms with Crippen molar-refractivity contribution in [3.63, 3.8) is 0 Å². The predicted octanol–water partition coefficient (Wildman–Crippen LogP) is 3.96. The highest BCUT2D eigenvalue weighted by Crippen LogP contribution is 2.28. The van der Waals surface area contributed by atoms with Crippen LogP contribution in [0, 0.1) is 6.92 Å². The molecule has 0 radical (unpaired) electrons. The van der Waals surface area contributed by atoms with Crippen LogP contribution in [0.1, 0.15) is 22.7 Å². The molecule has 4 heteroatoms. The molecule has 2 aromatic carbocycles. The maximum Gasteiger partial charge on any atom is 0.0710 e. The van der Waals surface area contributed by atoms with E-state index in [0.29, 0.717) is 5.02 Å². The van der Waals surface area contributed by atoms with Gasteiger partial charge in [0.05, 0.1) is 11.1 Å². The molecule has 1 atom stereocenters. The number of nitrogens with two attached hydrogens (primary N) is 1. The molecule has 2 aromatic rings. The molecule has 18 heavy (non-hydrogen) atoms. The van der Waals surface area contributed by atoms with Crippen molar-refractivity contribution >= 4 is 27.5 Å². The third kappa shape index (κ3) is 2.93.